The molecule has 3 N–H and O–H groups in total. The van der Waals surface area contributed by atoms with Crippen LogP contribution < -0.4 is 11.1 Å². The Bertz CT molecular complexity index is 675. The first-order valence-corrected chi connectivity index (χ1v) is 6.00. The van der Waals surface area contributed by atoms with Crippen molar-refractivity contribution in [3.05, 3.63) is 39.9 Å². The largest absolute Gasteiger partial charge is 0.375 e. The van der Waals surface area contributed by atoms with Crippen LogP contribution >= 0.6 is 11.3 Å². The van der Waals surface area contributed by atoms with Gasteiger partial charge in [-0.1, -0.05) is 11.3 Å². The lowest BCUT2D eigenvalue weighted by molar-refractivity contribution is 0.102. The number of rotatable bonds is 2. The number of amides is 1. The smallest absolute Gasteiger partial charge is 0.267 e. The molecule has 0 aliphatic rings. The molecular formula is C11H7F4N3OS. The van der Waals surface area contributed by atoms with Gasteiger partial charge in [-0.25, -0.2) is 22.5 Å². The molecule has 0 atom stereocenters. The third-order valence-electron chi connectivity index (χ3n) is 2.37. The van der Waals surface area contributed by atoms with Crippen molar-refractivity contribution in [2.24, 2.45) is 0 Å². The van der Waals surface area contributed by atoms with Crippen LogP contribution in [0.1, 0.15) is 15.4 Å². The first-order chi connectivity index (χ1) is 9.31. The predicted octanol–water partition coefficient (Wildman–Crippen LogP) is 2.84. The topological polar surface area (TPSA) is 68.0 Å². The number of hydrogen-bond donors (Lipinski definition) is 2. The molecule has 9 heteroatoms. The van der Waals surface area contributed by atoms with Crippen molar-refractivity contribution in [3.63, 3.8) is 0 Å². The molecule has 1 aromatic heterocycles. The van der Waals surface area contributed by atoms with Gasteiger partial charge in [0.1, 0.15) is 10.6 Å². The van der Waals surface area contributed by atoms with E-state index in [0.717, 1.165) is 11.3 Å². The van der Waals surface area contributed by atoms with Crippen LogP contribution in [0, 0.1) is 30.2 Å². The maximum atomic E-state index is 13.4. The summed E-state index contributed by atoms with van der Waals surface area (Å²) in [5.41, 5.74) is 4.42. The maximum absolute atomic E-state index is 13.4. The van der Waals surface area contributed by atoms with Crippen LogP contribution in [0.5, 0.6) is 0 Å². The number of thiazole rings is 1. The van der Waals surface area contributed by atoms with Gasteiger partial charge in [-0.15, -0.1) is 0 Å². The van der Waals surface area contributed by atoms with E-state index in [1.54, 1.807) is 5.32 Å². The molecule has 0 aliphatic heterocycles. The third kappa shape index (κ3) is 2.44. The molecule has 20 heavy (non-hydrogen) atoms. The molecule has 0 spiro atoms. The number of aryl methyl sites for hydroxylation is 1. The fourth-order valence-electron chi connectivity index (χ4n) is 1.48. The van der Waals surface area contributed by atoms with Crippen LogP contribution in [0.15, 0.2) is 6.07 Å². The van der Waals surface area contributed by atoms with Crippen LogP contribution in [0.4, 0.5) is 28.4 Å². The molecule has 0 radical (unpaired) electrons. The Morgan fingerprint density at radius 2 is 1.80 bits per heavy atom. The number of nitrogens with two attached hydrogens (primary N) is 1. The number of anilines is 2. The van der Waals surface area contributed by atoms with Gasteiger partial charge in [-0.05, 0) is 6.92 Å². The lowest BCUT2D eigenvalue weighted by Crippen LogP contribution is -2.15. The van der Waals surface area contributed by atoms with Crippen LogP contribution in [-0.4, -0.2) is 10.9 Å². The summed E-state index contributed by atoms with van der Waals surface area (Å²) >= 11 is 0.784. The molecule has 1 amide bonds. The summed E-state index contributed by atoms with van der Waals surface area (Å²) in [5.74, 6) is -7.56. The standard InChI is InChI=1S/C11H7F4N3OS/c1-3-9(20-11(16)17-3)10(19)18-8-6(14)4(12)2-5(13)7(8)15/h2H,1H3,(H2,16,17)(H,18,19). The Morgan fingerprint density at radius 3 is 2.25 bits per heavy atom. The van der Waals surface area contributed by atoms with Gasteiger partial charge in [0.05, 0.1) is 5.69 Å². The van der Waals surface area contributed by atoms with Gasteiger partial charge in [0.2, 0.25) is 0 Å². The van der Waals surface area contributed by atoms with Crippen LogP contribution in [0.2, 0.25) is 0 Å². The van der Waals surface area contributed by atoms with E-state index in [9.17, 15) is 22.4 Å². The number of nitrogen functional groups attached to an aromatic ring is 1. The Hall–Kier alpha value is -2.16. The van der Waals surface area contributed by atoms with Gasteiger partial charge in [0, 0.05) is 6.07 Å². The second kappa shape index (κ2) is 5.08. The zero-order valence-corrected chi connectivity index (χ0v) is 10.7. The molecule has 0 bridgehead atoms. The van der Waals surface area contributed by atoms with Gasteiger partial charge in [0.25, 0.3) is 5.91 Å². The average Bonchev–Trinajstić information content (AvgIpc) is 2.71. The minimum absolute atomic E-state index is 0.00836. The maximum Gasteiger partial charge on any atom is 0.267 e. The van der Waals surface area contributed by atoms with E-state index in [4.69, 9.17) is 5.73 Å². The number of aromatic nitrogens is 1. The molecule has 0 aliphatic carbocycles. The highest BCUT2D eigenvalue weighted by Crippen LogP contribution is 2.26. The minimum Gasteiger partial charge on any atom is -0.375 e. The SMILES string of the molecule is Cc1nc(N)sc1C(=O)Nc1c(F)c(F)cc(F)c1F. The lowest BCUT2D eigenvalue weighted by atomic mass is 10.2. The van der Waals surface area contributed by atoms with E-state index in [-0.39, 0.29) is 21.8 Å². The van der Waals surface area contributed by atoms with Crippen molar-refractivity contribution in [2.45, 2.75) is 6.92 Å². The van der Waals surface area contributed by atoms with Crippen LogP contribution in [-0.2, 0) is 0 Å². The van der Waals surface area contributed by atoms with E-state index >= 15 is 0 Å². The number of benzene rings is 1. The van der Waals surface area contributed by atoms with E-state index in [1.807, 2.05) is 0 Å². The molecule has 4 nitrogen and oxygen atoms in total. The van der Waals surface area contributed by atoms with Crippen LogP contribution in [0.25, 0.3) is 0 Å². The summed E-state index contributed by atoms with van der Waals surface area (Å²) in [6.45, 7) is 1.46. The van der Waals surface area contributed by atoms with Crippen molar-refractivity contribution < 1.29 is 22.4 Å². The highest BCUT2D eigenvalue weighted by molar-refractivity contribution is 7.17. The number of halogens is 4. The summed E-state index contributed by atoms with van der Waals surface area (Å²) in [6.07, 6.45) is 0. The quantitative estimate of drug-likeness (QED) is 0.662. The zero-order chi connectivity index (χ0) is 15.0. The molecule has 2 aromatic rings. The number of hydrogen-bond acceptors (Lipinski definition) is 4. The average molecular weight is 305 g/mol. The molecule has 2 rings (SSSR count). The number of carbonyl (C=O) groups is 1. The summed E-state index contributed by atoms with van der Waals surface area (Å²) in [6, 6.07) is 0.0518. The minimum atomic E-state index is -1.69. The third-order valence-corrected chi connectivity index (χ3v) is 3.36. The van der Waals surface area contributed by atoms with Crippen LogP contribution in [0.3, 0.4) is 0 Å². The van der Waals surface area contributed by atoms with E-state index in [0.29, 0.717) is 0 Å². The van der Waals surface area contributed by atoms with E-state index < -0.39 is 34.9 Å². The van der Waals surface area contributed by atoms with Gasteiger partial charge in [-0.3, -0.25) is 4.79 Å². The fourth-order valence-corrected chi connectivity index (χ4v) is 2.21. The van der Waals surface area contributed by atoms with E-state index in [2.05, 4.69) is 4.98 Å². The molecule has 1 heterocycles. The number of carbonyl (C=O) groups excluding carboxylic acids is 1. The Morgan fingerprint density at radius 1 is 1.25 bits per heavy atom. The second-order valence-electron chi connectivity index (χ2n) is 3.76. The monoisotopic (exact) mass is 305 g/mol. The van der Waals surface area contributed by atoms with Crippen molar-refractivity contribution in [1.82, 2.24) is 4.98 Å². The Labute approximate surface area is 114 Å². The summed E-state index contributed by atoms with van der Waals surface area (Å²) in [5, 5.41) is 1.86. The zero-order valence-electron chi connectivity index (χ0n) is 9.93. The normalized spacial score (nSPS) is 10.7. The molecule has 0 fully saturated rings. The first-order valence-electron chi connectivity index (χ1n) is 5.18. The van der Waals surface area contributed by atoms with Crippen molar-refractivity contribution >= 4 is 28.1 Å². The van der Waals surface area contributed by atoms with Gasteiger partial charge in [0.15, 0.2) is 28.4 Å². The lowest BCUT2D eigenvalue weighted by Gasteiger charge is -2.08. The number of nitrogens with one attached hydrogen (secondary N) is 1. The van der Waals surface area contributed by atoms with Crippen molar-refractivity contribution in [2.75, 3.05) is 11.1 Å². The molecule has 0 saturated carbocycles. The summed E-state index contributed by atoms with van der Waals surface area (Å²) in [7, 11) is 0. The first kappa shape index (κ1) is 14.3. The molecular weight excluding hydrogens is 298 g/mol. The molecule has 0 saturated heterocycles. The van der Waals surface area contributed by atoms with Gasteiger partial charge < -0.3 is 11.1 Å². The van der Waals surface area contributed by atoms with Gasteiger partial charge in [-0.2, -0.15) is 0 Å². The highest BCUT2D eigenvalue weighted by Gasteiger charge is 2.23. The Balaban J connectivity index is 2.40. The van der Waals surface area contributed by atoms with Gasteiger partial charge >= 0.3 is 0 Å². The summed E-state index contributed by atoms with van der Waals surface area (Å²) in [4.78, 5) is 15.5. The van der Waals surface area contributed by atoms with Crippen molar-refractivity contribution in [1.29, 1.82) is 0 Å². The van der Waals surface area contributed by atoms with Crippen molar-refractivity contribution in [3.8, 4) is 0 Å². The predicted molar refractivity (Wildman–Crippen MR) is 65.5 cm³/mol. The van der Waals surface area contributed by atoms with E-state index in [1.165, 1.54) is 6.92 Å². The Kier molecular flexibility index (Phi) is 3.62. The molecule has 1 aromatic carbocycles. The molecule has 0 unspecified atom stereocenters. The number of nitrogens with zero attached hydrogens (tertiary/aromatic N) is 1. The molecule has 106 valence electrons. The highest BCUT2D eigenvalue weighted by atomic mass is 32.1. The fraction of sp³-hybridized carbons (Fsp3) is 0.0909. The second-order valence-corrected chi connectivity index (χ2v) is 4.79. The summed E-state index contributed by atoms with van der Waals surface area (Å²) < 4.78 is 52.8.